The van der Waals surface area contributed by atoms with Crippen molar-refractivity contribution in [1.82, 2.24) is 14.7 Å². The Balaban J connectivity index is 1.11. The quantitative estimate of drug-likeness (QED) is 0.449. The molecule has 2 bridgehead atoms. The van der Waals surface area contributed by atoms with Gasteiger partial charge in [-0.15, -0.1) is 11.3 Å². The molecule has 2 aromatic rings. The average Bonchev–Trinajstić information content (AvgIpc) is 3.78. The summed E-state index contributed by atoms with van der Waals surface area (Å²) >= 11 is 1.84. The highest BCUT2D eigenvalue weighted by Gasteiger charge is 2.48. The van der Waals surface area contributed by atoms with Gasteiger partial charge in [-0.1, -0.05) is 29.3 Å². The number of carbonyl (C=O) groups is 1. The number of aryl methyl sites for hydroxylation is 2. The summed E-state index contributed by atoms with van der Waals surface area (Å²) in [7, 11) is 0. The van der Waals surface area contributed by atoms with Crippen LogP contribution in [0.1, 0.15) is 91.5 Å². The van der Waals surface area contributed by atoms with E-state index in [1.807, 2.05) is 11.3 Å². The molecule has 222 valence electrons. The highest BCUT2D eigenvalue weighted by atomic mass is 32.1. The molecule has 5 aliphatic heterocycles. The second-order valence-corrected chi connectivity index (χ2v) is 15.1. The summed E-state index contributed by atoms with van der Waals surface area (Å²) in [5.41, 5.74) is 5.01. The van der Waals surface area contributed by atoms with Crippen LogP contribution in [0.4, 0.5) is 5.00 Å². The van der Waals surface area contributed by atoms with Gasteiger partial charge in [0, 0.05) is 48.6 Å². The number of anilines is 1. The first-order chi connectivity index (χ1) is 19.8. The van der Waals surface area contributed by atoms with Gasteiger partial charge in [0.15, 0.2) is 0 Å². The molecule has 7 heteroatoms. The number of thiophene rings is 1. The molecule has 0 saturated carbocycles. The predicted octanol–water partition coefficient (Wildman–Crippen LogP) is 5.84. The smallest absolute Gasteiger partial charge is 0.233 e. The van der Waals surface area contributed by atoms with Crippen molar-refractivity contribution in [2.24, 2.45) is 0 Å². The average molecular weight is 577 g/mol. The molecule has 0 spiro atoms. The van der Waals surface area contributed by atoms with Gasteiger partial charge in [0.25, 0.3) is 0 Å². The molecule has 41 heavy (non-hydrogen) atoms. The van der Waals surface area contributed by atoms with Crippen molar-refractivity contribution in [1.29, 1.82) is 0 Å². The maximum Gasteiger partial charge on any atom is 0.233 e. The number of rotatable bonds is 7. The SMILES string of the molecule is Cc1cc(C)cc(C2Nc3sc(C(C)(C)C(=O)N4C5CCC4CC5)cc3C2CCN2CCC(N3CCOCC3)C2)c1. The van der Waals surface area contributed by atoms with Crippen molar-refractivity contribution in [2.45, 2.75) is 102 Å². The van der Waals surface area contributed by atoms with E-state index in [0.29, 0.717) is 30.0 Å². The Morgan fingerprint density at radius 3 is 2.32 bits per heavy atom. The Morgan fingerprint density at radius 2 is 1.63 bits per heavy atom. The summed E-state index contributed by atoms with van der Waals surface area (Å²) in [6.07, 6.45) is 7.17. The minimum atomic E-state index is -0.484. The lowest BCUT2D eigenvalue weighted by molar-refractivity contribution is -0.137. The van der Waals surface area contributed by atoms with Gasteiger partial charge >= 0.3 is 0 Å². The van der Waals surface area contributed by atoms with Gasteiger partial charge in [-0.2, -0.15) is 0 Å². The number of nitrogens with one attached hydrogen (secondary N) is 1. The Morgan fingerprint density at radius 1 is 0.951 bits per heavy atom. The summed E-state index contributed by atoms with van der Waals surface area (Å²) in [6.45, 7) is 16.2. The third-order valence-corrected chi connectivity index (χ3v) is 12.3. The lowest BCUT2D eigenvalue weighted by Crippen LogP contribution is -2.45. The summed E-state index contributed by atoms with van der Waals surface area (Å²) in [5, 5.41) is 5.26. The Labute approximate surface area is 250 Å². The minimum Gasteiger partial charge on any atom is -0.379 e. The van der Waals surface area contributed by atoms with Crippen molar-refractivity contribution < 1.29 is 9.53 Å². The van der Waals surface area contributed by atoms with Crippen LogP contribution in [-0.4, -0.2) is 84.7 Å². The van der Waals surface area contributed by atoms with E-state index in [2.05, 4.69) is 72.0 Å². The number of ether oxygens (including phenoxy) is 1. The van der Waals surface area contributed by atoms with Gasteiger partial charge in [0.2, 0.25) is 5.91 Å². The van der Waals surface area contributed by atoms with Crippen LogP contribution < -0.4 is 5.32 Å². The van der Waals surface area contributed by atoms with Crippen molar-refractivity contribution >= 4 is 22.2 Å². The molecule has 0 radical (unpaired) electrons. The monoisotopic (exact) mass is 576 g/mol. The van der Waals surface area contributed by atoms with E-state index in [0.717, 1.165) is 39.3 Å². The van der Waals surface area contributed by atoms with Crippen LogP contribution in [0.5, 0.6) is 0 Å². The number of nitrogens with zero attached hydrogens (tertiary/aromatic N) is 3. The normalized spacial score (nSPS) is 30.2. The lowest BCUT2D eigenvalue weighted by atomic mass is 9.84. The van der Waals surface area contributed by atoms with E-state index in [4.69, 9.17) is 4.74 Å². The van der Waals surface area contributed by atoms with Crippen LogP contribution in [0.15, 0.2) is 24.3 Å². The highest BCUT2D eigenvalue weighted by molar-refractivity contribution is 7.16. The molecule has 1 aromatic carbocycles. The molecule has 5 aliphatic rings. The molecular formula is C34H48N4O2S. The van der Waals surface area contributed by atoms with Crippen molar-refractivity contribution in [3.05, 3.63) is 51.4 Å². The zero-order valence-electron chi connectivity index (χ0n) is 25.5. The van der Waals surface area contributed by atoms with Gasteiger partial charge in [-0.3, -0.25) is 9.69 Å². The molecule has 4 fully saturated rings. The molecular weight excluding hydrogens is 528 g/mol. The number of fused-ring (bicyclic) bond motifs is 3. The van der Waals surface area contributed by atoms with Crippen LogP contribution in [-0.2, 0) is 14.9 Å². The van der Waals surface area contributed by atoms with Crippen LogP contribution in [0, 0.1) is 13.8 Å². The second-order valence-electron chi connectivity index (χ2n) is 14.0. The van der Waals surface area contributed by atoms with Gasteiger partial charge in [-0.25, -0.2) is 0 Å². The number of likely N-dealkylation sites (tertiary alicyclic amines) is 1. The largest absolute Gasteiger partial charge is 0.379 e. The number of morpholine rings is 1. The molecule has 3 atom stereocenters. The number of carbonyl (C=O) groups excluding carboxylic acids is 1. The lowest BCUT2D eigenvalue weighted by Gasteiger charge is -2.32. The number of hydrogen-bond donors (Lipinski definition) is 1. The second kappa shape index (κ2) is 11.0. The third kappa shape index (κ3) is 5.15. The van der Waals surface area contributed by atoms with E-state index in [1.54, 1.807) is 0 Å². The predicted molar refractivity (Wildman–Crippen MR) is 167 cm³/mol. The Kier molecular flexibility index (Phi) is 7.46. The summed E-state index contributed by atoms with van der Waals surface area (Å²) < 4.78 is 5.60. The van der Waals surface area contributed by atoms with Gasteiger partial charge < -0.3 is 19.9 Å². The minimum absolute atomic E-state index is 0.287. The van der Waals surface area contributed by atoms with E-state index in [1.165, 1.54) is 77.3 Å². The molecule has 1 aromatic heterocycles. The van der Waals surface area contributed by atoms with E-state index in [-0.39, 0.29) is 6.04 Å². The molecule has 6 nitrogen and oxygen atoms in total. The number of hydrogen-bond acceptors (Lipinski definition) is 6. The van der Waals surface area contributed by atoms with Gasteiger partial charge in [0.05, 0.1) is 29.7 Å². The fourth-order valence-electron chi connectivity index (χ4n) is 8.60. The maximum absolute atomic E-state index is 14.0. The topological polar surface area (TPSA) is 48.1 Å². The van der Waals surface area contributed by atoms with Crippen molar-refractivity contribution in [3.8, 4) is 0 Å². The fourth-order valence-corrected chi connectivity index (χ4v) is 9.86. The number of benzene rings is 1. The van der Waals surface area contributed by atoms with E-state index < -0.39 is 5.41 Å². The van der Waals surface area contributed by atoms with Crippen LogP contribution in [0.2, 0.25) is 0 Å². The van der Waals surface area contributed by atoms with Crippen LogP contribution in [0.3, 0.4) is 0 Å². The molecule has 4 saturated heterocycles. The Bertz CT molecular complexity index is 1240. The van der Waals surface area contributed by atoms with Crippen LogP contribution in [0.25, 0.3) is 0 Å². The number of amides is 1. The molecule has 3 unspecified atom stereocenters. The zero-order valence-corrected chi connectivity index (χ0v) is 26.3. The summed E-state index contributed by atoms with van der Waals surface area (Å²) in [5.74, 6) is 0.753. The molecule has 6 heterocycles. The zero-order chi connectivity index (χ0) is 28.3. The summed E-state index contributed by atoms with van der Waals surface area (Å²) in [4.78, 5) is 22.8. The maximum atomic E-state index is 14.0. The third-order valence-electron chi connectivity index (χ3n) is 10.9. The van der Waals surface area contributed by atoms with E-state index >= 15 is 0 Å². The highest BCUT2D eigenvalue weighted by Crippen LogP contribution is 2.52. The first-order valence-corrected chi connectivity index (χ1v) is 17.0. The first kappa shape index (κ1) is 27.9. The van der Waals surface area contributed by atoms with E-state index in [9.17, 15) is 4.79 Å². The molecule has 7 rings (SSSR count). The fraction of sp³-hybridized carbons (Fsp3) is 0.676. The molecule has 0 aliphatic carbocycles. The molecule has 1 amide bonds. The first-order valence-electron chi connectivity index (χ1n) is 16.1. The van der Waals surface area contributed by atoms with Gasteiger partial charge in [-0.05, 0) is 96.5 Å². The van der Waals surface area contributed by atoms with Crippen LogP contribution >= 0.6 is 11.3 Å². The van der Waals surface area contributed by atoms with Crippen molar-refractivity contribution in [2.75, 3.05) is 51.3 Å². The standard InChI is InChI=1S/C34H48N4O2S/c1-22-17-23(2)19-24(18-22)31-28(10-12-36-11-9-27(21-36)37-13-15-40-16-14-37)29-20-30(41-32(29)35-31)34(3,4)33(39)38-25-5-6-26(38)8-7-25/h17-20,25-28,31,35H,5-16,21H2,1-4H3. The summed E-state index contributed by atoms with van der Waals surface area (Å²) in [6, 6.07) is 11.3. The Hall–Kier alpha value is -1.93. The van der Waals surface area contributed by atoms with Crippen molar-refractivity contribution in [3.63, 3.8) is 0 Å². The van der Waals surface area contributed by atoms with Gasteiger partial charge in [0.1, 0.15) is 0 Å². The molecule has 1 N–H and O–H groups in total.